The molecule has 1 atom stereocenters. The minimum Gasteiger partial charge on any atom is -0.506 e. The number of aromatic hydroxyl groups is 1. The number of carbonyl (C=O) groups excluding carboxylic acids is 1. The minimum absolute atomic E-state index is 0.0306. The normalized spacial score (nSPS) is 12.2. The molecule has 1 aromatic heterocycles. The number of hydrogen-bond acceptors (Lipinski definition) is 5. The van der Waals surface area contributed by atoms with Crippen molar-refractivity contribution in [1.29, 1.82) is 0 Å². The van der Waals surface area contributed by atoms with E-state index < -0.39 is 0 Å². The summed E-state index contributed by atoms with van der Waals surface area (Å²) < 4.78 is 10.1. The van der Waals surface area contributed by atoms with Crippen molar-refractivity contribution >= 4 is 5.91 Å². The van der Waals surface area contributed by atoms with Gasteiger partial charge in [0.05, 0.1) is 31.0 Å². The number of amides is 1. The minimum atomic E-state index is -0.204. The highest BCUT2D eigenvalue weighted by Gasteiger charge is 2.21. The third-order valence-corrected chi connectivity index (χ3v) is 2.71. The molecule has 0 saturated carbocycles. The average molecular weight is 268 g/mol. The average Bonchev–Trinajstić information content (AvgIpc) is 2.39. The summed E-state index contributed by atoms with van der Waals surface area (Å²) in [5, 5.41) is 9.38. The van der Waals surface area contributed by atoms with Crippen molar-refractivity contribution in [2.45, 2.75) is 13.0 Å². The van der Waals surface area contributed by atoms with Gasteiger partial charge >= 0.3 is 0 Å². The molecule has 0 aliphatic heterocycles. The SMILES string of the molecule is COCCN(C(=O)c1cncc(O)c1)C(C)COC. The number of nitrogens with zero attached hydrogens (tertiary/aromatic N) is 2. The first-order valence-corrected chi connectivity index (χ1v) is 6.03. The number of pyridine rings is 1. The molecule has 0 fully saturated rings. The van der Waals surface area contributed by atoms with Crippen molar-refractivity contribution in [3.8, 4) is 5.75 Å². The van der Waals surface area contributed by atoms with Gasteiger partial charge < -0.3 is 19.5 Å². The van der Waals surface area contributed by atoms with E-state index in [0.717, 1.165) is 0 Å². The van der Waals surface area contributed by atoms with E-state index in [4.69, 9.17) is 9.47 Å². The van der Waals surface area contributed by atoms with E-state index in [9.17, 15) is 9.90 Å². The van der Waals surface area contributed by atoms with E-state index in [2.05, 4.69) is 4.98 Å². The summed E-state index contributed by atoms with van der Waals surface area (Å²) in [4.78, 5) is 17.8. The van der Waals surface area contributed by atoms with Gasteiger partial charge in [0.2, 0.25) is 0 Å². The van der Waals surface area contributed by atoms with Crippen LogP contribution in [0.5, 0.6) is 5.75 Å². The molecule has 0 bridgehead atoms. The van der Waals surface area contributed by atoms with Crippen molar-refractivity contribution in [2.75, 3.05) is 34.0 Å². The predicted molar refractivity (Wildman–Crippen MR) is 70.2 cm³/mol. The van der Waals surface area contributed by atoms with Crippen LogP contribution in [-0.2, 0) is 9.47 Å². The molecule has 6 heteroatoms. The topological polar surface area (TPSA) is 71.9 Å². The van der Waals surface area contributed by atoms with Gasteiger partial charge in [-0.2, -0.15) is 0 Å². The lowest BCUT2D eigenvalue weighted by Crippen LogP contribution is -2.43. The second-order valence-corrected chi connectivity index (χ2v) is 4.23. The van der Waals surface area contributed by atoms with Gasteiger partial charge in [-0.3, -0.25) is 9.78 Å². The van der Waals surface area contributed by atoms with Gasteiger partial charge in [-0.1, -0.05) is 0 Å². The lowest BCUT2D eigenvalue weighted by molar-refractivity contribution is 0.0479. The Bertz CT molecular complexity index is 411. The molecule has 1 N–H and O–H groups in total. The molecule has 1 aromatic rings. The molecule has 6 nitrogen and oxygen atoms in total. The number of methoxy groups -OCH3 is 2. The fourth-order valence-corrected chi connectivity index (χ4v) is 1.75. The summed E-state index contributed by atoms with van der Waals surface area (Å²) in [6.07, 6.45) is 2.72. The van der Waals surface area contributed by atoms with Crippen LogP contribution in [0.1, 0.15) is 17.3 Å². The largest absolute Gasteiger partial charge is 0.506 e. The molecule has 1 amide bonds. The Kier molecular flexibility index (Phi) is 6.24. The zero-order valence-electron chi connectivity index (χ0n) is 11.5. The Labute approximate surface area is 113 Å². The fourth-order valence-electron chi connectivity index (χ4n) is 1.75. The predicted octanol–water partition coefficient (Wildman–Crippen LogP) is 0.911. The van der Waals surface area contributed by atoms with Gasteiger partial charge in [-0.25, -0.2) is 0 Å². The summed E-state index contributed by atoms with van der Waals surface area (Å²) in [7, 11) is 3.17. The Morgan fingerprint density at radius 3 is 2.74 bits per heavy atom. The van der Waals surface area contributed by atoms with Gasteiger partial charge in [0, 0.05) is 27.0 Å². The van der Waals surface area contributed by atoms with Gasteiger partial charge in [0.1, 0.15) is 5.75 Å². The van der Waals surface area contributed by atoms with E-state index in [0.29, 0.717) is 25.3 Å². The van der Waals surface area contributed by atoms with E-state index in [-0.39, 0.29) is 17.7 Å². The first-order chi connectivity index (χ1) is 9.10. The van der Waals surface area contributed by atoms with Gasteiger partial charge in [0.25, 0.3) is 5.91 Å². The molecular formula is C13H20N2O4. The molecule has 19 heavy (non-hydrogen) atoms. The third-order valence-electron chi connectivity index (χ3n) is 2.71. The molecule has 0 spiro atoms. The number of rotatable bonds is 7. The molecular weight excluding hydrogens is 248 g/mol. The van der Waals surface area contributed by atoms with E-state index in [1.807, 2.05) is 6.92 Å². The maximum atomic E-state index is 12.4. The molecule has 0 aromatic carbocycles. The van der Waals surface area contributed by atoms with Crippen molar-refractivity contribution in [2.24, 2.45) is 0 Å². The zero-order chi connectivity index (χ0) is 14.3. The monoisotopic (exact) mass is 268 g/mol. The maximum absolute atomic E-state index is 12.4. The van der Waals surface area contributed by atoms with E-state index in [1.165, 1.54) is 18.5 Å². The standard InChI is InChI=1S/C13H20N2O4/c1-10(9-19-3)15(4-5-18-2)13(17)11-6-12(16)8-14-7-11/h6-8,10,16H,4-5,9H2,1-3H3. The highest BCUT2D eigenvalue weighted by Crippen LogP contribution is 2.13. The molecule has 0 radical (unpaired) electrons. The Morgan fingerprint density at radius 2 is 2.16 bits per heavy atom. The van der Waals surface area contributed by atoms with Crippen LogP contribution in [-0.4, -0.2) is 60.9 Å². The van der Waals surface area contributed by atoms with Crippen molar-refractivity contribution in [1.82, 2.24) is 9.88 Å². The number of ether oxygens (including phenoxy) is 2. The molecule has 0 saturated heterocycles. The number of aromatic nitrogens is 1. The first kappa shape index (κ1) is 15.4. The first-order valence-electron chi connectivity index (χ1n) is 6.03. The van der Waals surface area contributed by atoms with Crippen LogP contribution in [0.2, 0.25) is 0 Å². The highest BCUT2D eigenvalue weighted by molar-refractivity contribution is 5.94. The molecule has 1 rings (SSSR count). The lowest BCUT2D eigenvalue weighted by atomic mass is 10.2. The Balaban J connectivity index is 2.86. The summed E-state index contributed by atoms with van der Waals surface area (Å²) in [5.41, 5.74) is 0.346. The quantitative estimate of drug-likeness (QED) is 0.796. The van der Waals surface area contributed by atoms with Crippen LogP contribution >= 0.6 is 0 Å². The molecule has 1 unspecified atom stereocenters. The van der Waals surface area contributed by atoms with Gasteiger partial charge in [-0.05, 0) is 13.0 Å². The molecule has 0 aliphatic rings. The Hall–Kier alpha value is -1.66. The molecule has 1 heterocycles. The summed E-state index contributed by atoms with van der Waals surface area (Å²) in [5.74, 6) is -0.234. The van der Waals surface area contributed by atoms with E-state index in [1.54, 1.807) is 19.1 Å². The van der Waals surface area contributed by atoms with Crippen LogP contribution in [0.4, 0.5) is 0 Å². The van der Waals surface area contributed by atoms with Crippen LogP contribution < -0.4 is 0 Å². The number of carbonyl (C=O) groups is 1. The Morgan fingerprint density at radius 1 is 1.42 bits per heavy atom. The second-order valence-electron chi connectivity index (χ2n) is 4.23. The van der Waals surface area contributed by atoms with Crippen molar-refractivity contribution in [3.63, 3.8) is 0 Å². The molecule has 106 valence electrons. The summed E-state index contributed by atoms with van der Waals surface area (Å²) in [6, 6.07) is 1.31. The van der Waals surface area contributed by atoms with Gasteiger partial charge in [-0.15, -0.1) is 0 Å². The van der Waals surface area contributed by atoms with Gasteiger partial charge in [0.15, 0.2) is 0 Å². The summed E-state index contributed by atoms with van der Waals surface area (Å²) in [6.45, 7) is 3.22. The highest BCUT2D eigenvalue weighted by atomic mass is 16.5. The molecule has 0 aliphatic carbocycles. The van der Waals surface area contributed by atoms with Crippen molar-refractivity contribution in [3.05, 3.63) is 24.0 Å². The van der Waals surface area contributed by atoms with Crippen LogP contribution in [0.25, 0.3) is 0 Å². The lowest BCUT2D eigenvalue weighted by Gasteiger charge is -2.28. The number of hydrogen-bond donors (Lipinski definition) is 1. The second kappa shape index (κ2) is 7.70. The van der Waals surface area contributed by atoms with E-state index >= 15 is 0 Å². The fraction of sp³-hybridized carbons (Fsp3) is 0.538. The van der Waals surface area contributed by atoms with Crippen molar-refractivity contribution < 1.29 is 19.4 Å². The summed E-state index contributed by atoms with van der Waals surface area (Å²) >= 11 is 0. The smallest absolute Gasteiger partial charge is 0.255 e. The third kappa shape index (κ3) is 4.50. The van der Waals surface area contributed by atoms with Crippen LogP contribution in [0.3, 0.4) is 0 Å². The zero-order valence-corrected chi connectivity index (χ0v) is 11.5. The van der Waals surface area contributed by atoms with Crippen LogP contribution in [0.15, 0.2) is 18.5 Å². The van der Waals surface area contributed by atoms with Crippen LogP contribution in [0, 0.1) is 0 Å². The maximum Gasteiger partial charge on any atom is 0.255 e.